The normalized spacial score (nSPS) is 13.5. The summed E-state index contributed by atoms with van der Waals surface area (Å²) < 4.78 is 6.17. The van der Waals surface area contributed by atoms with E-state index in [1.165, 1.54) is 0 Å². The van der Waals surface area contributed by atoms with Crippen LogP contribution in [-0.2, 0) is 0 Å². The van der Waals surface area contributed by atoms with Crippen LogP contribution in [0, 0.1) is 0 Å². The number of furan rings is 1. The van der Waals surface area contributed by atoms with E-state index in [0.717, 1.165) is 21.0 Å². The van der Waals surface area contributed by atoms with Crippen LogP contribution in [0.5, 0.6) is 0 Å². The molecular formula is C10H9BrO2. The van der Waals surface area contributed by atoms with E-state index in [1.807, 2.05) is 18.2 Å². The van der Waals surface area contributed by atoms with E-state index < -0.39 is 6.10 Å². The SMILES string of the molecule is CC(O)c1cc(Br)cc2occc12. The Morgan fingerprint density at radius 2 is 2.23 bits per heavy atom. The second-order valence-electron chi connectivity index (χ2n) is 3.00. The Labute approximate surface area is 84.3 Å². The highest BCUT2D eigenvalue weighted by molar-refractivity contribution is 9.10. The van der Waals surface area contributed by atoms with E-state index in [2.05, 4.69) is 15.9 Å². The lowest BCUT2D eigenvalue weighted by molar-refractivity contribution is 0.201. The van der Waals surface area contributed by atoms with Crippen LogP contribution in [0.3, 0.4) is 0 Å². The predicted molar refractivity (Wildman–Crippen MR) is 54.5 cm³/mol. The van der Waals surface area contributed by atoms with Crippen molar-refractivity contribution in [1.82, 2.24) is 0 Å². The Balaban J connectivity index is 2.77. The van der Waals surface area contributed by atoms with Crippen molar-refractivity contribution >= 4 is 26.9 Å². The molecule has 0 aliphatic rings. The predicted octanol–water partition coefficient (Wildman–Crippen LogP) is 3.25. The average Bonchev–Trinajstić information content (AvgIpc) is 2.49. The van der Waals surface area contributed by atoms with E-state index in [9.17, 15) is 5.11 Å². The number of benzene rings is 1. The number of rotatable bonds is 1. The van der Waals surface area contributed by atoms with E-state index in [0.29, 0.717) is 0 Å². The quantitative estimate of drug-likeness (QED) is 0.831. The molecular weight excluding hydrogens is 232 g/mol. The molecule has 2 aromatic rings. The van der Waals surface area contributed by atoms with Gasteiger partial charge in [-0.1, -0.05) is 15.9 Å². The topological polar surface area (TPSA) is 33.4 Å². The molecule has 1 unspecified atom stereocenters. The lowest BCUT2D eigenvalue weighted by atomic mass is 10.1. The lowest BCUT2D eigenvalue weighted by Crippen LogP contribution is -1.91. The van der Waals surface area contributed by atoms with Crippen molar-refractivity contribution in [2.75, 3.05) is 0 Å². The maximum Gasteiger partial charge on any atom is 0.135 e. The third kappa shape index (κ3) is 1.49. The molecule has 0 aliphatic heterocycles. The minimum absolute atomic E-state index is 0.474. The maximum absolute atomic E-state index is 9.50. The van der Waals surface area contributed by atoms with Gasteiger partial charge in [0.25, 0.3) is 0 Å². The molecule has 1 atom stereocenters. The molecule has 1 aromatic carbocycles. The van der Waals surface area contributed by atoms with Crippen molar-refractivity contribution in [2.45, 2.75) is 13.0 Å². The van der Waals surface area contributed by atoms with Gasteiger partial charge in [-0.05, 0) is 30.7 Å². The standard InChI is InChI=1S/C10H9BrO2/c1-6(12)9-4-7(11)5-10-8(9)2-3-13-10/h2-6,12H,1H3. The highest BCUT2D eigenvalue weighted by Gasteiger charge is 2.09. The van der Waals surface area contributed by atoms with Crippen LogP contribution in [0.1, 0.15) is 18.6 Å². The minimum Gasteiger partial charge on any atom is -0.464 e. The molecule has 0 amide bonds. The maximum atomic E-state index is 9.50. The third-order valence-corrected chi connectivity index (χ3v) is 2.48. The number of hydrogen-bond acceptors (Lipinski definition) is 2. The van der Waals surface area contributed by atoms with Crippen LogP contribution in [-0.4, -0.2) is 5.11 Å². The van der Waals surface area contributed by atoms with Gasteiger partial charge < -0.3 is 9.52 Å². The second kappa shape index (κ2) is 3.16. The molecule has 1 N–H and O–H groups in total. The van der Waals surface area contributed by atoms with Crippen molar-refractivity contribution in [2.24, 2.45) is 0 Å². The minimum atomic E-state index is -0.474. The largest absolute Gasteiger partial charge is 0.464 e. The van der Waals surface area contributed by atoms with Gasteiger partial charge in [-0.15, -0.1) is 0 Å². The van der Waals surface area contributed by atoms with Gasteiger partial charge in [0.1, 0.15) is 5.58 Å². The Bertz CT molecular complexity index is 431. The summed E-state index contributed by atoms with van der Waals surface area (Å²) in [5.41, 5.74) is 1.68. The van der Waals surface area contributed by atoms with Gasteiger partial charge in [-0.3, -0.25) is 0 Å². The molecule has 2 nitrogen and oxygen atoms in total. The van der Waals surface area contributed by atoms with E-state index in [-0.39, 0.29) is 0 Å². The van der Waals surface area contributed by atoms with Gasteiger partial charge in [0.2, 0.25) is 0 Å². The van der Waals surface area contributed by atoms with Crippen LogP contribution in [0.15, 0.2) is 33.4 Å². The molecule has 2 rings (SSSR count). The van der Waals surface area contributed by atoms with Gasteiger partial charge in [0.05, 0.1) is 12.4 Å². The summed E-state index contributed by atoms with van der Waals surface area (Å²) >= 11 is 3.37. The van der Waals surface area contributed by atoms with Gasteiger partial charge in [0.15, 0.2) is 0 Å². The van der Waals surface area contributed by atoms with Gasteiger partial charge in [0, 0.05) is 9.86 Å². The highest BCUT2D eigenvalue weighted by Crippen LogP contribution is 2.29. The zero-order valence-electron chi connectivity index (χ0n) is 7.12. The summed E-state index contributed by atoms with van der Waals surface area (Å²) in [6.07, 6.45) is 1.15. The molecule has 0 spiro atoms. The van der Waals surface area contributed by atoms with Crippen molar-refractivity contribution in [3.8, 4) is 0 Å². The zero-order chi connectivity index (χ0) is 9.42. The van der Waals surface area contributed by atoms with Crippen LogP contribution in [0.25, 0.3) is 11.0 Å². The lowest BCUT2D eigenvalue weighted by Gasteiger charge is -2.06. The molecule has 0 aliphatic carbocycles. The smallest absolute Gasteiger partial charge is 0.135 e. The van der Waals surface area contributed by atoms with Crippen molar-refractivity contribution in [3.05, 3.63) is 34.5 Å². The van der Waals surface area contributed by atoms with Gasteiger partial charge >= 0.3 is 0 Å². The molecule has 1 heterocycles. The van der Waals surface area contributed by atoms with E-state index in [4.69, 9.17) is 4.42 Å². The molecule has 0 bridgehead atoms. The first-order chi connectivity index (χ1) is 6.18. The number of aliphatic hydroxyl groups is 1. The van der Waals surface area contributed by atoms with Crippen LogP contribution in [0.2, 0.25) is 0 Å². The molecule has 0 saturated heterocycles. The van der Waals surface area contributed by atoms with Crippen molar-refractivity contribution in [3.63, 3.8) is 0 Å². The first kappa shape index (κ1) is 8.78. The monoisotopic (exact) mass is 240 g/mol. The van der Waals surface area contributed by atoms with Crippen LogP contribution < -0.4 is 0 Å². The summed E-state index contributed by atoms with van der Waals surface area (Å²) in [4.78, 5) is 0. The number of halogens is 1. The fourth-order valence-corrected chi connectivity index (χ4v) is 1.86. The summed E-state index contributed by atoms with van der Waals surface area (Å²) in [7, 11) is 0. The summed E-state index contributed by atoms with van der Waals surface area (Å²) in [6.45, 7) is 1.74. The van der Waals surface area contributed by atoms with Crippen molar-refractivity contribution in [1.29, 1.82) is 0 Å². The second-order valence-corrected chi connectivity index (χ2v) is 3.92. The Hall–Kier alpha value is -0.800. The molecule has 1 aromatic heterocycles. The summed E-state index contributed by atoms with van der Waals surface area (Å²) in [6, 6.07) is 5.66. The van der Waals surface area contributed by atoms with Crippen LogP contribution in [0.4, 0.5) is 0 Å². The van der Waals surface area contributed by atoms with E-state index >= 15 is 0 Å². The zero-order valence-corrected chi connectivity index (χ0v) is 8.71. The Morgan fingerprint density at radius 1 is 1.46 bits per heavy atom. The fourth-order valence-electron chi connectivity index (χ4n) is 1.41. The first-order valence-corrected chi connectivity index (χ1v) is 4.82. The number of aliphatic hydroxyl groups excluding tert-OH is 1. The fraction of sp³-hybridized carbons (Fsp3) is 0.200. The molecule has 0 saturated carbocycles. The summed E-state index contributed by atoms with van der Waals surface area (Å²) in [5.74, 6) is 0. The highest BCUT2D eigenvalue weighted by atomic mass is 79.9. The molecule has 0 fully saturated rings. The van der Waals surface area contributed by atoms with Crippen LogP contribution >= 0.6 is 15.9 Å². The van der Waals surface area contributed by atoms with E-state index in [1.54, 1.807) is 13.2 Å². The Kier molecular flexibility index (Phi) is 2.14. The molecule has 3 heteroatoms. The third-order valence-electron chi connectivity index (χ3n) is 2.02. The molecule has 13 heavy (non-hydrogen) atoms. The summed E-state index contributed by atoms with van der Waals surface area (Å²) in [5, 5.41) is 10.5. The van der Waals surface area contributed by atoms with Crippen molar-refractivity contribution < 1.29 is 9.52 Å². The number of fused-ring (bicyclic) bond motifs is 1. The molecule has 68 valence electrons. The first-order valence-electron chi connectivity index (χ1n) is 4.03. The van der Waals surface area contributed by atoms with Gasteiger partial charge in [-0.25, -0.2) is 0 Å². The van der Waals surface area contributed by atoms with Gasteiger partial charge in [-0.2, -0.15) is 0 Å². The number of hydrogen-bond donors (Lipinski definition) is 1. The average molecular weight is 241 g/mol. The molecule has 0 radical (unpaired) electrons. The Morgan fingerprint density at radius 3 is 2.92 bits per heavy atom.